The highest BCUT2D eigenvalue weighted by Crippen LogP contribution is 2.73. The number of nitrogen functional groups attached to an aromatic ring is 1. The second kappa shape index (κ2) is 4.59. The van der Waals surface area contributed by atoms with Crippen LogP contribution in [0, 0.1) is 0 Å². The number of anilines is 1. The maximum absolute atomic E-state index is 11.2. The van der Waals surface area contributed by atoms with Gasteiger partial charge >= 0.3 is 15.2 Å². The van der Waals surface area contributed by atoms with E-state index in [0.717, 1.165) is 12.1 Å². The fourth-order valence-corrected chi connectivity index (χ4v) is 3.84. The predicted octanol–water partition coefficient (Wildman–Crippen LogP) is 0.380. The molecule has 8 nitrogen and oxygen atoms in total. The van der Waals surface area contributed by atoms with E-state index < -0.39 is 25.8 Å². The van der Waals surface area contributed by atoms with E-state index in [1.54, 1.807) is 0 Å². The van der Waals surface area contributed by atoms with Crippen molar-refractivity contribution in [1.82, 2.24) is 0 Å². The van der Waals surface area contributed by atoms with Gasteiger partial charge in [-0.2, -0.15) is 0 Å². The molecule has 0 unspecified atom stereocenters. The Hall–Kier alpha value is -0.430. The summed E-state index contributed by atoms with van der Waals surface area (Å²) in [6.07, 6.45) is 0. The highest BCUT2D eigenvalue weighted by Gasteiger charge is 2.60. The third-order valence-electron chi connectivity index (χ3n) is 2.12. The second-order valence-electron chi connectivity index (χ2n) is 3.50. The van der Waals surface area contributed by atoms with Gasteiger partial charge in [0.25, 0.3) is 5.08 Å². The van der Waals surface area contributed by atoms with Crippen LogP contribution in [0.2, 0.25) is 5.02 Å². The van der Waals surface area contributed by atoms with Gasteiger partial charge in [0.05, 0.1) is 0 Å². The Bertz CT molecular complexity index is 523. The number of halogens is 1. The topological polar surface area (TPSA) is 161 Å². The number of benzene rings is 1. The van der Waals surface area contributed by atoms with Crippen molar-refractivity contribution in [2.45, 2.75) is 5.08 Å². The van der Waals surface area contributed by atoms with Crippen LogP contribution in [0.5, 0.6) is 0 Å². The monoisotopic (exact) mass is 317 g/mol. The van der Waals surface area contributed by atoms with E-state index in [4.69, 9.17) is 36.9 Å². The maximum Gasteiger partial charge on any atom is 0.374 e. The molecule has 0 aliphatic heterocycles. The molecule has 0 bridgehead atoms. The normalized spacial score (nSPS) is 13.7. The molecule has 0 aliphatic carbocycles. The third-order valence-corrected chi connectivity index (χ3v) is 6.04. The quantitative estimate of drug-likeness (QED) is 0.344. The summed E-state index contributed by atoms with van der Waals surface area (Å²) in [5, 5.41) is 5.95. The Morgan fingerprint density at radius 3 is 1.83 bits per heavy atom. The fraction of sp³-hybridized carbons (Fsp3) is 0.143. The van der Waals surface area contributed by atoms with Gasteiger partial charge in [-0.05, 0) is 18.2 Å². The smallest absolute Gasteiger partial charge is 0.374 e. The lowest BCUT2D eigenvalue weighted by Crippen LogP contribution is -2.26. The molecule has 102 valence electrons. The Kier molecular flexibility index (Phi) is 3.99. The molecule has 0 atom stereocenters. The molecule has 11 heteroatoms. The minimum Gasteiger partial charge on any atom is -0.399 e. The van der Waals surface area contributed by atoms with Crippen LogP contribution >= 0.6 is 26.8 Å². The number of nitrogens with two attached hydrogens (primary N) is 1. The van der Waals surface area contributed by atoms with E-state index >= 15 is 0 Å². The predicted molar refractivity (Wildman–Crippen MR) is 63.8 cm³/mol. The van der Waals surface area contributed by atoms with E-state index in [-0.39, 0.29) is 10.7 Å². The van der Waals surface area contributed by atoms with Crippen molar-refractivity contribution in [3.8, 4) is 0 Å². The molecule has 0 spiro atoms. The molecule has 1 rings (SSSR count). The summed E-state index contributed by atoms with van der Waals surface area (Å²) in [6.45, 7) is 0. The van der Waals surface area contributed by atoms with Crippen LogP contribution in [0.25, 0.3) is 0 Å². The van der Waals surface area contributed by atoms with Gasteiger partial charge in [0.2, 0.25) is 0 Å². The molecule has 0 saturated carbocycles. The zero-order valence-electron chi connectivity index (χ0n) is 8.63. The van der Waals surface area contributed by atoms with Gasteiger partial charge in [0, 0.05) is 16.3 Å². The minimum absolute atomic E-state index is 0.113. The molecular weight excluding hydrogens is 307 g/mol. The molecule has 0 aromatic heterocycles. The first kappa shape index (κ1) is 15.6. The number of aliphatic hydroxyl groups is 1. The lowest BCUT2D eigenvalue weighted by Gasteiger charge is -2.29. The molecule has 7 N–H and O–H groups in total. The highest BCUT2D eigenvalue weighted by atomic mass is 35.5. The van der Waals surface area contributed by atoms with E-state index in [0.29, 0.717) is 0 Å². The van der Waals surface area contributed by atoms with E-state index in [2.05, 4.69) is 0 Å². The van der Waals surface area contributed by atoms with Crippen LogP contribution in [0.3, 0.4) is 0 Å². The summed E-state index contributed by atoms with van der Waals surface area (Å²) in [6, 6.07) is 2.82. The first-order valence-electron chi connectivity index (χ1n) is 4.30. The average molecular weight is 318 g/mol. The van der Waals surface area contributed by atoms with Crippen molar-refractivity contribution < 1.29 is 33.8 Å². The Balaban J connectivity index is 3.66. The molecular formula is C7H10ClNO7P2. The lowest BCUT2D eigenvalue weighted by molar-refractivity contribution is 0.131. The molecule has 1 aromatic rings. The van der Waals surface area contributed by atoms with Crippen LogP contribution in [0.15, 0.2) is 18.2 Å². The van der Waals surface area contributed by atoms with Crippen molar-refractivity contribution in [1.29, 1.82) is 0 Å². The molecule has 0 heterocycles. The van der Waals surface area contributed by atoms with Gasteiger partial charge in [-0.1, -0.05) is 11.6 Å². The fourth-order valence-electron chi connectivity index (χ4n) is 1.31. The van der Waals surface area contributed by atoms with Gasteiger partial charge < -0.3 is 30.4 Å². The standard InChI is InChI=1S/C7H10ClNO7P2/c8-5-1-4(2-6(9)3-5)7(10,17(11,12)13)18(14,15)16/h1-3,10H,9H2,(H2,11,12,13)(H2,14,15,16). The highest BCUT2D eigenvalue weighted by molar-refractivity contribution is 7.71. The molecule has 0 aliphatic rings. The number of rotatable bonds is 3. The van der Waals surface area contributed by atoms with E-state index in [9.17, 15) is 14.2 Å². The first-order valence-corrected chi connectivity index (χ1v) is 7.90. The van der Waals surface area contributed by atoms with Crippen LogP contribution in [0.4, 0.5) is 5.69 Å². The van der Waals surface area contributed by atoms with Crippen LogP contribution in [-0.4, -0.2) is 24.7 Å². The van der Waals surface area contributed by atoms with Gasteiger partial charge in [0.15, 0.2) is 0 Å². The van der Waals surface area contributed by atoms with Crippen molar-refractivity contribution >= 4 is 32.5 Å². The summed E-state index contributed by atoms with van der Waals surface area (Å²) in [5.74, 6) is 0. The van der Waals surface area contributed by atoms with Crippen LogP contribution in [-0.2, 0) is 14.2 Å². The maximum atomic E-state index is 11.2. The second-order valence-corrected chi connectivity index (χ2v) is 7.76. The van der Waals surface area contributed by atoms with Crippen molar-refractivity contribution in [2.75, 3.05) is 5.73 Å². The molecule has 0 fully saturated rings. The molecule has 18 heavy (non-hydrogen) atoms. The van der Waals surface area contributed by atoms with E-state index in [1.165, 1.54) is 6.07 Å². The average Bonchev–Trinajstić information content (AvgIpc) is 2.11. The summed E-state index contributed by atoms with van der Waals surface area (Å²) in [7, 11) is -11.2. The number of hydrogen-bond acceptors (Lipinski definition) is 4. The van der Waals surface area contributed by atoms with Gasteiger partial charge in [-0.15, -0.1) is 0 Å². The minimum atomic E-state index is -5.59. The summed E-state index contributed by atoms with van der Waals surface area (Å²) >= 11 is 5.56. The zero-order valence-corrected chi connectivity index (χ0v) is 11.2. The summed E-state index contributed by atoms with van der Waals surface area (Å²) in [4.78, 5) is 36.0. The van der Waals surface area contributed by atoms with Crippen molar-refractivity contribution in [2.24, 2.45) is 0 Å². The molecule has 1 aromatic carbocycles. The van der Waals surface area contributed by atoms with Crippen molar-refractivity contribution in [3.05, 3.63) is 28.8 Å². The Morgan fingerprint density at radius 1 is 1.06 bits per heavy atom. The van der Waals surface area contributed by atoms with Gasteiger partial charge in [0.1, 0.15) is 0 Å². The molecule has 0 saturated heterocycles. The van der Waals surface area contributed by atoms with Gasteiger partial charge in [-0.25, -0.2) is 0 Å². The summed E-state index contributed by atoms with van der Waals surface area (Å²) < 4.78 is 22.4. The third kappa shape index (κ3) is 2.61. The first-order chi connectivity index (χ1) is 7.89. The Morgan fingerprint density at radius 2 is 1.50 bits per heavy atom. The molecule has 0 radical (unpaired) electrons. The zero-order chi connectivity index (χ0) is 14.4. The summed E-state index contributed by atoms with van der Waals surface area (Å²) in [5.41, 5.74) is 4.47. The largest absolute Gasteiger partial charge is 0.399 e. The molecule has 0 amide bonds. The van der Waals surface area contributed by atoms with Crippen LogP contribution in [0.1, 0.15) is 5.56 Å². The van der Waals surface area contributed by atoms with Crippen molar-refractivity contribution in [3.63, 3.8) is 0 Å². The van der Waals surface area contributed by atoms with E-state index in [1.807, 2.05) is 0 Å². The Labute approximate surface area is 106 Å². The number of hydrogen-bond donors (Lipinski definition) is 6. The van der Waals surface area contributed by atoms with Crippen LogP contribution < -0.4 is 5.73 Å². The lowest BCUT2D eigenvalue weighted by atomic mass is 10.2. The van der Waals surface area contributed by atoms with Gasteiger partial charge in [-0.3, -0.25) is 9.13 Å². The SMILES string of the molecule is Nc1cc(Cl)cc(C(O)(P(=O)(O)O)P(=O)(O)O)c1.